The number of aromatic amines is 1. The van der Waals surface area contributed by atoms with Gasteiger partial charge in [-0.15, -0.1) is 0 Å². The summed E-state index contributed by atoms with van der Waals surface area (Å²) in [6.07, 6.45) is 0.225. The average Bonchev–Trinajstić information content (AvgIpc) is 3.03. The summed E-state index contributed by atoms with van der Waals surface area (Å²) < 4.78 is 5.45. The minimum absolute atomic E-state index is 0.0839. The van der Waals surface area contributed by atoms with Gasteiger partial charge in [-0.05, 0) is 23.6 Å². The summed E-state index contributed by atoms with van der Waals surface area (Å²) >= 11 is 0. The van der Waals surface area contributed by atoms with Crippen molar-refractivity contribution in [2.24, 2.45) is 0 Å². The first kappa shape index (κ1) is 15.7. The van der Waals surface area contributed by atoms with E-state index in [0.717, 1.165) is 22.2 Å². The van der Waals surface area contributed by atoms with Crippen molar-refractivity contribution in [3.63, 3.8) is 0 Å². The number of hydrogen-bond donors (Lipinski definition) is 2. The molecule has 0 saturated heterocycles. The van der Waals surface area contributed by atoms with Crippen LogP contribution >= 0.6 is 0 Å². The van der Waals surface area contributed by atoms with Gasteiger partial charge < -0.3 is 14.8 Å². The normalized spacial score (nSPS) is 16.7. The first-order valence-corrected chi connectivity index (χ1v) is 8.43. The smallest absolute Gasteiger partial charge is 0.410 e. The molecule has 0 aliphatic carbocycles. The maximum atomic E-state index is 12.5. The fraction of sp³-hybridized carbons (Fsp3) is 0.250. The van der Waals surface area contributed by atoms with Crippen molar-refractivity contribution in [2.45, 2.75) is 25.6 Å². The molecule has 4 rings (SSSR count). The van der Waals surface area contributed by atoms with Crippen molar-refractivity contribution < 1.29 is 14.6 Å². The lowest BCUT2D eigenvalue weighted by molar-refractivity contribution is 0.0559. The van der Waals surface area contributed by atoms with E-state index in [2.05, 4.69) is 11.1 Å². The van der Waals surface area contributed by atoms with Crippen LogP contribution in [-0.2, 0) is 24.3 Å². The predicted molar refractivity (Wildman–Crippen MR) is 95.0 cm³/mol. The highest BCUT2D eigenvalue weighted by atomic mass is 16.6. The molecule has 0 radical (unpaired) electrons. The highest BCUT2D eigenvalue weighted by Gasteiger charge is 2.32. The van der Waals surface area contributed by atoms with E-state index in [1.807, 2.05) is 48.5 Å². The largest absolute Gasteiger partial charge is 0.445 e. The molecule has 1 aliphatic rings. The fourth-order valence-electron chi connectivity index (χ4n) is 3.45. The van der Waals surface area contributed by atoms with Gasteiger partial charge in [0.2, 0.25) is 0 Å². The van der Waals surface area contributed by atoms with Crippen LogP contribution in [0.4, 0.5) is 4.79 Å². The molecule has 1 atom stereocenters. The predicted octanol–water partition coefficient (Wildman–Crippen LogP) is 3.22. The van der Waals surface area contributed by atoms with Gasteiger partial charge in [0.25, 0.3) is 0 Å². The summed E-state index contributed by atoms with van der Waals surface area (Å²) in [6.45, 7) is 0.566. The fourth-order valence-corrected chi connectivity index (χ4v) is 3.45. The summed E-state index contributed by atoms with van der Waals surface area (Å²) in [5.41, 5.74) is 4.20. The molecule has 1 amide bonds. The molecule has 0 spiro atoms. The van der Waals surface area contributed by atoms with Crippen molar-refractivity contribution in [1.82, 2.24) is 9.88 Å². The number of aliphatic hydroxyl groups is 1. The first-order chi connectivity index (χ1) is 12.3. The van der Waals surface area contributed by atoms with Crippen LogP contribution in [0.1, 0.15) is 16.8 Å². The van der Waals surface area contributed by atoms with Gasteiger partial charge >= 0.3 is 6.09 Å². The number of carbonyl (C=O) groups excluding carboxylic acids is 1. The quantitative estimate of drug-likeness (QED) is 0.772. The highest BCUT2D eigenvalue weighted by Crippen LogP contribution is 2.30. The molecule has 25 heavy (non-hydrogen) atoms. The molecule has 0 saturated carbocycles. The summed E-state index contributed by atoms with van der Waals surface area (Å²) in [4.78, 5) is 17.5. The zero-order valence-electron chi connectivity index (χ0n) is 13.8. The number of para-hydroxylation sites is 1. The first-order valence-electron chi connectivity index (χ1n) is 8.43. The second kappa shape index (κ2) is 6.61. The van der Waals surface area contributed by atoms with E-state index in [1.54, 1.807) is 4.90 Å². The Kier molecular flexibility index (Phi) is 4.15. The molecule has 3 aromatic rings. The number of benzene rings is 2. The Balaban J connectivity index is 1.54. The summed E-state index contributed by atoms with van der Waals surface area (Å²) in [7, 11) is 0. The number of H-pyrrole nitrogens is 1. The molecule has 5 heteroatoms. The van der Waals surface area contributed by atoms with Crippen LogP contribution in [0.2, 0.25) is 0 Å². The standard InChI is InChI=1S/C20H20N2O3/c23-12-15-10-17-16-8-4-5-9-18(16)21-19(17)11-22(15)20(24)25-13-14-6-2-1-3-7-14/h1-9,15,21,23H,10-13H2. The number of nitrogens with zero attached hydrogens (tertiary/aromatic N) is 1. The SMILES string of the molecule is O=C(OCc1ccccc1)N1Cc2[nH]c3ccccc3c2CC1CO. The monoisotopic (exact) mass is 336 g/mol. The lowest BCUT2D eigenvalue weighted by atomic mass is 9.97. The molecular formula is C20H20N2O3. The number of hydrogen-bond acceptors (Lipinski definition) is 3. The maximum Gasteiger partial charge on any atom is 0.410 e. The molecule has 1 unspecified atom stereocenters. The highest BCUT2D eigenvalue weighted by molar-refractivity contribution is 5.85. The van der Waals surface area contributed by atoms with Crippen molar-refractivity contribution in [3.05, 3.63) is 71.4 Å². The van der Waals surface area contributed by atoms with Gasteiger partial charge in [0.15, 0.2) is 0 Å². The van der Waals surface area contributed by atoms with E-state index in [-0.39, 0.29) is 19.3 Å². The number of aliphatic hydroxyl groups excluding tert-OH is 1. The Labute approximate surface area is 145 Å². The number of rotatable bonds is 3. The van der Waals surface area contributed by atoms with Gasteiger partial charge in [0, 0.05) is 16.6 Å². The van der Waals surface area contributed by atoms with Gasteiger partial charge in [0.05, 0.1) is 19.2 Å². The van der Waals surface area contributed by atoms with Crippen LogP contribution in [0.25, 0.3) is 10.9 Å². The zero-order chi connectivity index (χ0) is 17.2. The molecule has 1 aromatic heterocycles. The molecule has 2 N–H and O–H groups in total. The summed E-state index contributed by atoms with van der Waals surface area (Å²) in [5, 5.41) is 10.9. The molecule has 2 aromatic carbocycles. The molecule has 2 heterocycles. The third kappa shape index (κ3) is 2.98. The van der Waals surface area contributed by atoms with Crippen LogP contribution in [-0.4, -0.2) is 33.7 Å². The number of aromatic nitrogens is 1. The van der Waals surface area contributed by atoms with Crippen LogP contribution in [0.15, 0.2) is 54.6 Å². The minimum atomic E-state index is -0.396. The summed E-state index contributed by atoms with van der Waals surface area (Å²) in [6, 6.07) is 17.4. The second-order valence-corrected chi connectivity index (χ2v) is 6.34. The molecule has 1 aliphatic heterocycles. The van der Waals surface area contributed by atoms with Crippen molar-refractivity contribution in [3.8, 4) is 0 Å². The van der Waals surface area contributed by atoms with Crippen molar-refractivity contribution >= 4 is 17.0 Å². The Morgan fingerprint density at radius 2 is 1.92 bits per heavy atom. The lowest BCUT2D eigenvalue weighted by Crippen LogP contribution is -2.46. The Bertz CT molecular complexity index is 888. The topological polar surface area (TPSA) is 65.6 Å². The Morgan fingerprint density at radius 3 is 2.72 bits per heavy atom. The summed E-state index contributed by atoms with van der Waals surface area (Å²) in [5.74, 6) is 0. The number of nitrogens with one attached hydrogen (secondary N) is 1. The van der Waals surface area contributed by atoms with E-state index < -0.39 is 6.09 Å². The Hall–Kier alpha value is -2.79. The minimum Gasteiger partial charge on any atom is -0.445 e. The molecular weight excluding hydrogens is 316 g/mol. The molecule has 5 nitrogen and oxygen atoms in total. The van der Waals surface area contributed by atoms with E-state index in [0.29, 0.717) is 13.0 Å². The molecule has 128 valence electrons. The van der Waals surface area contributed by atoms with Crippen LogP contribution < -0.4 is 0 Å². The van der Waals surface area contributed by atoms with E-state index in [1.165, 1.54) is 5.56 Å². The van der Waals surface area contributed by atoms with E-state index in [9.17, 15) is 9.90 Å². The molecule has 0 bridgehead atoms. The number of carbonyl (C=O) groups is 1. The third-order valence-corrected chi connectivity index (χ3v) is 4.76. The molecule has 0 fully saturated rings. The second-order valence-electron chi connectivity index (χ2n) is 6.34. The van der Waals surface area contributed by atoms with Gasteiger partial charge in [-0.3, -0.25) is 4.90 Å². The average molecular weight is 336 g/mol. The van der Waals surface area contributed by atoms with Gasteiger partial charge in [-0.2, -0.15) is 0 Å². The van der Waals surface area contributed by atoms with Gasteiger partial charge in [0.1, 0.15) is 6.61 Å². The third-order valence-electron chi connectivity index (χ3n) is 4.76. The van der Waals surface area contributed by atoms with Gasteiger partial charge in [-0.1, -0.05) is 48.5 Å². The van der Waals surface area contributed by atoms with E-state index in [4.69, 9.17) is 4.74 Å². The number of fused-ring (bicyclic) bond motifs is 3. The number of ether oxygens (including phenoxy) is 1. The maximum absolute atomic E-state index is 12.5. The lowest BCUT2D eigenvalue weighted by Gasteiger charge is -2.33. The Morgan fingerprint density at radius 1 is 1.16 bits per heavy atom. The van der Waals surface area contributed by atoms with E-state index >= 15 is 0 Å². The van der Waals surface area contributed by atoms with Crippen molar-refractivity contribution in [2.75, 3.05) is 6.61 Å². The number of amides is 1. The van der Waals surface area contributed by atoms with Crippen LogP contribution in [0.3, 0.4) is 0 Å². The van der Waals surface area contributed by atoms with Crippen LogP contribution in [0, 0.1) is 0 Å². The zero-order valence-corrected chi connectivity index (χ0v) is 13.8. The van der Waals surface area contributed by atoms with Crippen molar-refractivity contribution in [1.29, 1.82) is 0 Å². The van der Waals surface area contributed by atoms with Crippen LogP contribution in [0.5, 0.6) is 0 Å². The van der Waals surface area contributed by atoms with Gasteiger partial charge in [-0.25, -0.2) is 4.79 Å².